The molecular weight excluding hydrogens is 323 g/mol. The third kappa shape index (κ3) is 3.16. The molecule has 4 rings (SSSR count). The Bertz CT molecular complexity index is 774. The van der Waals surface area contributed by atoms with Crippen molar-refractivity contribution < 1.29 is 13.9 Å². The molecule has 0 unspecified atom stereocenters. The molecule has 132 valence electrons. The highest BCUT2D eigenvalue weighted by atomic mass is 19.1. The van der Waals surface area contributed by atoms with Crippen LogP contribution in [-0.4, -0.2) is 59.7 Å². The normalized spacial score (nSPS) is 21.6. The van der Waals surface area contributed by atoms with Gasteiger partial charge in [-0.3, -0.25) is 4.79 Å². The number of benzene rings is 1. The molecular formula is C18H21FN4O2. The van der Waals surface area contributed by atoms with Gasteiger partial charge in [-0.25, -0.2) is 14.4 Å². The topological polar surface area (TPSA) is 58.6 Å². The average molecular weight is 344 g/mol. The first-order valence-corrected chi connectivity index (χ1v) is 8.78. The first-order valence-electron chi connectivity index (χ1n) is 8.78. The van der Waals surface area contributed by atoms with Gasteiger partial charge in [0, 0.05) is 32.8 Å². The van der Waals surface area contributed by atoms with E-state index in [-0.39, 0.29) is 17.8 Å². The van der Waals surface area contributed by atoms with Crippen LogP contribution < -0.4 is 4.90 Å². The van der Waals surface area contributed by atoms with Crippen LogP contribution in [0.15, 0.2) is 24.5 Å². The molecule has 0 bridgehead atoms. The van der Waals surface area contributed by atoms with E-state index in [0.29, 0.717) is 43.0 Å². The van der Waals surface area contributed by atoms with Crippen LogP contribution in [0.4, 0.5) is 10.2 Å². The predicted molar refractivity (Wildman–Crippen MR) is 91.9 cm³/mol. The van der Waals surface area contributed by atoms with Crippen molar-refractivity contribution in [3.8, 4) is 0 Å². The summed E-state index contributed by atoms with van der Waals surface area (Å²) < 4.78 is 19.8. The van der Waals surface area contributed by atoms with Crippen LogP contribution in [0.1, 0.15) is 19.3 Å². The van der Waals surface area contributed by atoms with E-state index in [1.54, 1.807) is 12.1 Å². The van der Waals surface area contributed by atoms with Crippen molar-refractivity contribution in [2.75, 3.05) is 37.7 Å². The summed E-state index contributed by atoms with van der Waals surface area (Å²) in [7, 11) is 0. The van der Waals surface area contributed by atoms with Crippen LogP contribution in [0.5, 0.6) is 0 Å². The standard InChI is InChI=1S/C18H21FN4O2/c19-13-4-1-5-14-16(13)17(21-12-20-14)22-7-3-8-23(10-9-22)18(24)15-6-2-11-25-15/h1,4-5,12,15H,2-3,6-11H2/t15-/m1/s1. The third-order valence-corrected chi connectivity index (χ3v) is 4.90. The van der Waals surface area contributed by atoms with Gasteiger partial charge in [-0.15, -0.1) is 0 Å². The van der Waals surface area contributed by atoms with Crippen molar-refractivity contribution >= 4 is 22.6 Å². The summed E-state index contributed by atoms with van der Waals surface area (Å²) >= 11 is 0. The number of halogens is 1. The molecule has 1 aromatic carbocycles. The zero-order chi connectivity index (χ0) is 17.2. The second-order valence-electron chi connectivity index (χ2n) is 6.50. The Kier molecular flexibility index (Phi) is 4.48. The molecule has 0 N–H and O–H groups in total. The number of carbonyl (C=O) groups excluding carboxylic acids is 1. The lowest BCUT2D eigenvalue weighted by atomic mass is 10.2. The van der Waals surface area contributed by atoms with Gasteiger partial charge in [0.15, 0.2) is 0 Å². The van der Waals surface area contributed by atoms with E-state index in [4.69, 9.17) is 4.74 Å². The van der Waals surface area contributed by atoms with E-state index in [9.17, 15) is 9.18 Å². The second-order valence-corrected chi connectivity index (χ2v) is 6.50. The van der Waals surface area contributed by atoms with Crippen molar-refractivity contribution in [1.82, 2.24) is 14.9 Å². The molecule has 2 aromatic rings. The van der Waals surface area contributed by atoms with Gasteiger partial charge in [0.25, 0.3) is 5.91 Å². The summed E-state index contributed by atoms with van der Waals surface area (Å²) in [4.78, 5) is 25.0. The van der Waals surface area contributed by atoms with Gasteiger partial charge in [0.1, 0.15) is 24.1 Å². The first kappa shape index (κ1) is 16.2. The SMILES string of the molecule is O=C([C@H]1CCCO1)N1CCCN(c2ncnc3cccc(F)c23)CC1. The number of aromatic nitrogens is 2. The summed E-state index contributed by atoms with van der Waals surface area (Å²) in [5, 5.41) is 0.448. The number of hydrogen-bond acceptors (Lipinski definition) is 5. The average Bonchev–Trinajstić information content (AvgIpc) is 3.06. The molecule has 0 saturated carbocycles. The quantitative estimate of drug-likeness (QED) is 0.834. The number of hydrogen-bond donors (Lipinski definition) is 0. The Morgan fingerprint density at radius 3 is 2.92 bits per heavy atom. The Morgan fingerprint density at radius 1 is 1.16 bits per heavy atom. The number of fused-ring (bicyclic) bond motifs is 1. The van der Waals surface area contributed by atoms with Gasteiger partial charge in [0.2, 0.25) is 0 Å². The molecule has 7 heteroatoms. The first-order chi connectivity index (χ1) is 12.2. The van der Waals surface area contributed by atoms with Crippen LogP contribution in [0.2, 0.25) is 0 Å². The highest BCUT2D eigenvalue weighted by molar-refractivity contribution is 5.90. The Balaban J connectivity index is 1.54. The minimum atomic E-state index is -0.315. The molecule has 6 nitrogen and oxygen atoms in total. The lowest BCUT2D eigenvalue weighted by Crippen LogP contribution is -2.41. The molecule has 0 aliphatic carbocycles. The van der Waals surface area contributed by atoms with Crippen molar-refractivity contribution in [2.24, 2.45) is 0 Å². The summed E-state index contributed by atoms with van der Waals surface area (Å²) in [6.07, 6.45) is 3.75. The zero-order valence-corrected chi connectivity index (χ0v) is 14.0. The number of anilines is 1. The monoisotopic (exact) mass is 344 g/mol. The fourth-order valence-electron chi connectivity index (χ4n) is 3.62. The summed E-state index contributed by atoms with van der Waals surface area (Å²) in [6.45, 7) is 3.32. The zero-order valence-electron chi connectivity index (χ0n) is 14.0. The number of carbonyl (C=O) groups is 1. The van der Waals surface area contributed by atoms with E-state index in [2.05, 4.69) is 14.9 Å². The number of nitrogens with zero attached hydrogens (tertiary/aromatic N) is 4. The molecule has 25 heavy (non-hydrogen) atoms. The molecule has 0 radical (unpaired) electrons. The van der Waals surface area contributed by atoms with Gasteiger partial charge in [-0.1, -0.05) is 6.07 Å². The van der Waals surface area contributed by atoms with Crippen LogP contribution >= 0.6 is 0 Å². The largest absolute Gasteiger partial charge is 0.368 e. The minimum absolute atomic E-state index is 0.0816. The molecule has 1 aromatic heterocycles. The van der Waals surface area contributed by atoms with E-state index in [1.165, 1.54) is 12.4 Å². The van der Waals surface area contributed by atoms with Gasteiger partial charge >= 0.3 is 0 Å². The molecule has 1 amide bonds. The van der Waals surface area contributed by atoms with E-state index in [0.717, 1.165) is 25.8 Å². The summed E-state index contributed by atoms with van der Waals surface area (Å²) in [5.41, 5.74) is 0.599. The van der Waals surface area contributed by atoms with E-state index >= 15 is 0 Å². The van der Waals surface area contributed by atoms with Crippen molar-refractivity contribution in [3.05, 3.63) is 30.3 Å². The Hall–Kier alpha value is -2.28. The van der Waals surface area contributed by atoms with E-state index in [1.807, 2.05) is 4.90 Å². The maximum Gasteiger partial charge on any atom is 0.251 e. The van der Waals surface area contributed by atoms with Crippen LogP contribution in [-0.2, 0) is 9.53 Å². The number of amides is 1. The number of rotatable bonds is 2. The van der Waals surface area contributed by atoms with Crippen molar-refractivity contribution in [1.29, 1.82) is 0 Å². The lowest BCUT2D eigenvalue weighted by Gasteiger charge is -2.25. The van der Waals surface area contributed by atoms with Crippen molar-refractivity contribution in [2.45, 2.75) is 25.4 Å². The molecule has 2 fully saturated rings. The molecule has 0 spiro atoms. The molecule has 2 aliphatic heterocycles. The van der Waals surface area contributed by atoms with Gasteiger partial charge < -0.3 is 14.5 Å². The molecule has 1 atom stereocenters. The maximum absolute atomic E-state index is 14.3. The van der Waals surface area contributed by atoms with Gasteiger partial charge in [-0.2, -0.15) is 0 Å². The highest BCUT2D eigenvalue weighted by Crippen LogP contribution is 2.26. The number of ether oxygens (including phenoxy) is 1. The molecule has 3 heterocycles. The van der Waals surface area contributed by atoms with E-state index < -0.39 is 0 Å². The lowest BCUT2D eigenvalue weighted by molar-refractivity contribution is -0.140. The van der Waals surface area contributed by atoms with Crippen molar-refractivity contribution in [3.63, 3.8) is 0 Å². The van der Waals surface area contributed by atoms with Crippen LogP contribution in [0, 0.1) is 5.82 Å². The fourth-order valence-corrected chi connectivity index (χ4v) is 3.62. The Labute approximate surface area is 145 Å². The van der Waals surface area contributed by atoms with Gasteiger partial charge in [0.05, 0.1) is 10.9 Å². The highest BCUT2D eigenvalue weighted by Gasteiger charge is 2.29. The summed E-state index contributed by atoms with van der Waals surface area (Å²) in [6, 6.07) is 4.87. The predicted octanol–water partition coefficient (Wildman–Crippen LogP) is 1.99. The Morgan fingerprint density at radius 2 is 2.08 bits per heavy atom. The third-order valence-electron chi connectivity index (χ3n) is 4.90. The second kappa shape index (κ2) is 6.92. The molecule has 2 saturated heterocycles. The maximum atomic E-state index is 14.3. The fraction of sp³-hybridized carbons (Fsp3) is 0.500. The smallest absolute Gasteiger partial charge is 0.251 e. The molecule has 2 aliphatic rings. The van der Waals surface area contributed by atoms with Crippen LogP contribution in [0.3, 0.4) is 0 Å². The minimum Gasteiger partial charge on any atom is -0.368 e. The summed E-state index contributed by atoms with van der Waals surface area (Å²) in [5.74, 6) is 0.372. The van der Waals surface area contributed by atoms with Crippen LogP contribution in [0.25, 0.3) is 10.9 Å². The van der Waals surface area contributed by atoms with Gasteiger partial charge in [-0.05, 0) is 31.4 Å².